The average Bonchev–Trinajstić information content (AvgIpc) is 0.924. The van der Waals surface area contributed by atoms with Crippen LogP contribution in [0.3, 0.4) is 0 Å². The zero-order chi connectivity index (χ0) is 106. The highest BCUT2D eigenvalue weighted by Gasteiger charge is 2.11. The predicted octanol–water partition coefficient (Wildman–Crippen LogP) is 14.2. The third-order valence-electron chi connectivity index (χ3n) is 14.0. The van der Waals surface area contributed by atoms with Crippen LogP contribution in [0.25, 0.3) is 18.2 Å². The molecule has 0 heterocycles. The molecule has 8 heteroatoms. The Hall–Kier alpha value is -23.3. The Morgan fingerprint density at radius 1 is 0.240 bits per heavy atom. The third-order valence-corrected chi connectivity index (χ3v) is 14.0. The van der Waals surface area contributed by atoms with E-state index in [9.17, 15) is 18.8 Å². The molecule has 146 heavy (non-hydrogen) atoms. The summed E-state index contributed by atoms with van der Waals surface area (Å²) in [5, 5.41) is 0. The van der Waals surface area contributed by atoms with Gasteiger partial charge in [0.1, 0.15) is 12.4 Å². The van der Waals surface area contributed by atoms with Crippen LogP contribution in [-0.4, -0.2) is 50.9 Å². The number of unbranched alkanes of at least 4 members (excludes halogenated alkanes) is 2. The monoisotopic (exact) mass is 1870 g/mol. The fraction of sp³-hybridized carbons (Fsp3) is 0.196. The van der Waals surface area contributed by atoms with Crippen molar-refractivity contribution in [2.45, 2.75) is 128 Å². The molecule has 3 aromatic rings. The lowest BCUT2D eigenvalue weighted by Crippen LogP contribution is -2.11. The van der Waals surface area contributed by atoms with E-state index >= 15 is 0 Å². The lowest BCUT2D eigenvalue weighted by Gasteiger charge is -2.17. The van der Waals surface area contributed by atoms with Crippen LogP contribution in [0.4, 0.5) is 4.39 Å². The Morgan fingerprint density at radius 3 is 0.644 bits per heavy atom. The van der Waals surface area contributed by atoms with Crippen LogP contribution in [0.2, 0.25) is 0 Å². The van der Waals surface area contributed by atoms with E-state index in [2.05, 4.69) is 554 Å². The van der Waals surface area contributed by atoms with Crippen molar-refractivity contribution in [3.05, 3.63) is 125 Å². The van der Waals surface area contributed by atoms with Crippen LogP contribution >= 0.6 is 0 Å². The molecule has 3 rings (SSSR count). The van der Waals surface area contributed by atoms with Gasteiger partial charge in [-0.05, 0) is 223 Å². The van der Waals surface area contributed by atoms with Gasteiger partial charge >= 0.3 is 17.9 Å². The molecule has 0 bridgehead atoms. The molecule has 0 saturated heterocycles. The highest BCUT2D eigenvalue weighted by molar-refractivity contribution is 5.88. The van der Waals surface area contributed by atoms with Crippen molar-refractivity contribution in [3.8, 4) is 498 Å². The second-order valence-corrected chi connectivity index (χ2v) is 29.2. The number of carbonyl (C=O) groups excluding carboxylic acids is 3. The van der Waals surface area contributed by atoms with E-state index in [1.54, 1.807) is 37.3 Å². The topological polar surface area (TPSA) is 88.1 Å². The first-order chi connectivity index (χ1) is 71.1. The summed E-state index contributed by atoms with van der Waals surface area (Å²) in [7, 11) is 0. The maximum absolute atomic E-state index is 12.7. The Balaban J connectivity index is 0.00000270. The molecule has 0 unspecified atom stereocenters. The Morgan fingerprint density at radius 2 is 0.432 bits per heavy atom. The molecule has 0 spiro atoms. The van der Waals surface area contributed by atoms with E-state index in [-0.39, 0.29) is 23.7 Å². The summed E-state index contributed by atoms with van der Waals surface area (Å²) in [5.41, 5.74) is 5.01. The summed E-state index contributed by atoms with van der Waals surface area (Å²) in [6, 6.07) is 23.6. The molecule has 0 aliphatic rings. The third kappa shape index (κ3) is 101. The Labute approximate surface area is 867 Å². The molecular formula is C138H79FO7. The molecule has 0 aliphatic heterocycles. The van der Waals surface area contributed by atoms with E-state index in [4.69, 9.17) is 25.4 Å². The number of benzene rings is 3. The Bertz CT molecular complexity index is 8290. The number of halogens is 1. The number of hydrogen-bond acceptors (Lipinski definition) is 7. The van der Waals surface area contributed by atoms with Crippen molar-refractivity contribution in [1.29, 1.82) is 0 Å². The van der Waals surface area contributed by atoms with Gasteiger partial charge in [-0.1, -0.05) is 141 Å². The molecule has 0 atom stereocenters. The molecular weight excluding hydrogens is 1790 g/mol. The van der Waals surface area contributed by atoms with Crippen molar-refractivity contribution in [2.24, 2.45) is 16.2 Å². The fourth-order valence-electron chi connectivity index (χ4n) is 7.89. The van der Waals surface area contributed by atoms with E-state index in [0.29, 0.717) is 49.3 Å². The highest BCUT2D eigenvalue weighted by atomic mass is 19.1. The van der Waals surface area contributed by atoms with Gasteiger partial charge in [0, 0.05) is 416 Å². The van der Waals surface area contributed by atoms with Crippen molar-refractivity contribution in [1.82, 2.24) is 0 Å². The van der Waals surface area contributed by atoms with Crippen LogP contribution in [0.1, 0.15) is 143 Å². The molecule has 0 N–H and O–H groups in total. The van der Waals surface area contributed by atoms with E-state index in [1.807, 2.05) is 61.5 Å². The highest BCUT2D eigenvalue weighted by Crippen LogP contribution is 2.23. The van der Waals surface area contributed by atoms with Crippen LogP contribution in [-0.2, 0) is 33.3 Å². The van der Waals surface area contributed by atoms with Crippen LogP contribution in [0.15, 0.2) is 97.1 Å². The van der Waals surface area contributed by atoms with Gasteiger partial charge < -0.3 is 18.9 Å². The minimum atomic E-state index is -0.356. The van der Waals surface area contributed by atoms with E-state index < -0.39 is 0 Å². The summed E-state index contributed by atoms with van der Waals surface area (Å²) in [5.74, 6) is 206. The molecule has 0 aromatic heterocycles. The molecule has 0 saturated carbocycles. The molecule has 680 valence electrons. The van der Waals surface area contributed by atoms with Gasteiger partial charge in [-0.15, -0.1) is 6.42 Å². The quantitative estimate of drug-likeness (QED) is 0.0366. The molecule has 3 aromatic carbocycles. The number of terminal acetylenes is 1. The lowest BCUT2D eigenvalue weighted by molar-refractivity contribution is -0.139. The van der Waals surface area contributed by atoms with Gasteiger partial charge in [0.2, 0.25) is 0 Å². The van der Waals surface area contributed by atoms with Gasteiger partial charge in [0.05, 0.1) is 19.8 Å². The van der Waals surface area contributed by atoms with Crippen molar-refractivity contribution in [3.63, 3.8) is 0 Å². The number of esters is 3. The zero-order valence-electron chi connectivity index (χ0n) is 82.0. The smallest absolute Gasteiger partial charge is 0.330 e. The number of carbonyl (C=O) groups is 3. The van der Waals surface area contributed by atoms with Gasteiger partial charge in [-0.3, -0.25) is 0 Å². The van der Waals surface area contributed by atoms with E-state index in [1.165, 1.54) is 35.9 Å². The largest absolute Gasteiger partial charge is 0.463 e. The number of rotatable bonds is 20. The van der Waals surface area contributed by atoms with Crippen LogP contribution in [0, 0.1) is 527 Å². The maximum Gasteiger partial charge on any atom is 0.330 e. The van der Waals surface area contributed by atoms with Crippen molar-refractivity contribution < 1.29 is 37.7 Å². The number of ether oxygens (including phenoxy) is 4. The first-order valence-electron chi connectivity index (χ1n) is 43.0. The predicted molar refractivity (Wildman–Crippen MR) is 583 cm³/mol. The summed E-state index contributed by atoms with van der Waals surface area (Å²) >= 11 is 0. The van der Waals surface area contributed by atoms with Gasteiger partial charge in [-0.2, -0.15) is 0 Å². The normalized spacial score (nSPS) is 7.23. The summed E-state index contributed by atoms with van der Waals surface area (Å²) in [4.78, 5) is 34.5. The molecule has 0 aliphatic carbocycles. The van der Waals surface area contributed by atoms with Gasteiger partial charge in [0.25, 0.3) is 0 Å². The SMILES string of the molecule is C#CC#CC#CC#CC#CC#CC#CC#CC#CC#CC#CC#CC#CC#CC#CC#CC#CC#CC#CC#CC#CC#CC#CC#CC#CC#CC#CC#CC#CC#CC#CC#CC#CC#CC#CC#CC#CC#CC#CC#CC#CC#CC.CC(C)(C)CCCCOC(=O)/C=C/c1ccc(F)cc1.CC(C)(C)CCCOCCOC(=O)/C=C/c1ccccc1.Cc1ccc(/C=C/C(=O)OCCCCC(C)(C)C)cc1. The minimum absolute atomic E-state index is 0.263. The Kier molecular flexibility index (Phi) is 78.6. The lowest BCUT2D eigenvalue weighted by atomic mass is 9.90. The van der Waals surface area contributed by atoms with Crippen LogP contribution in [0.5, 0.6) is 0 Å². The number of hydrogen-bond donors (Lipinski definition) is 0. The van der Waals surface area contributed by atoms with Crippen molar-refractivity contribution in [2.75, 3.05) is 33.0 Å². The summed E-state index contributed by atoms with van der Waals surface area (Å²) < 4.78 is 33.5. The first-order valence-corrected chi connectivity index (χ1v) is 43.0. The average molecular weight is 1870 g/mol. The molecule has 0 radical (unpaired) electrons. The summed E-state index contributed by atoms with van der Waals surface area (Å²) in [6.07, 6.45) is 22.8. The number of aryl methyl sites for hydroxylation is 1. The minimum Gasteiger partial charge on any atom is -0.463 e. The second kappa shape index (κ2) is 93.5. The van der Waals surface area contributed by atoms with Crippen LogP contribution < -0.4 is 0 Å². The fourth-order valence-corrected chi connectivity index (χ4v) is 7.89. The molecule has 0 fully saturated rings. The van der Waals surface area contributed by atoms with Crippen molar-refractivity contribution >= 4 is 36.1 Å². The molecule has 0 amide bonds. The maximum atomic E-state index is 12.7. The zero-order valence-corrected chi connectivity index (χ0v) is 82.0. The molecule has 7 nitrogen and oxygen atoms in total. The van der Waals surface area contributed by atoms with Gasteiger partial charge in [0.15, 0.2) is 0 Å². The first kappa shape index (κ1) is 123. The standard InChI is InChI=1S/C85H4.C18H26O3.C18H26O2.C17H23FO2/c1-3-5-7-9-11-13-15-17-19-21-23-25-27-29-31-33-35-37-39-41-43-45-47-49-51-53-55-57-59-61-63-65-67-69-71-73-75-77-79-81-83-85-84-82-80-78-76-74-72-70-68-66-64-62-60-58-56-54-52-50-48-46-44-42-40-38-36-34-32-30-28-26-24-22-20-18-16-14-12-10-8-6-4-2;1-18(2,3)12-7-13-20-14-15-21-17(19)11-10-16-8-5-4-6-9-16;1-15-7-9-16(10-8-15)11-12-17(19)20-14-6-5-13-18(2,3)4;1-17(2,3)12-4-5-13-20-16(19)11-8-14-6-9-15(18)10-7-14/h1H,2H3;4-6,8-11H,7,12-15H2,1-3H3;7-12H,5-6,13-14H2,1-4H3;6-11H,4-5,12-13H2,1-3H3/b;11-10+;12-11+;11-8+. The second-order valence-electron chi connectivity index (χ2n) is 29.2. The summed E-state index contributed by atoms with van der Waals surface area (Å²) in [6.45, 7) is 26.1. The van der Waals surface area contributed by atoms with E-state index in [0.717, 1.165) is 68.1 Å². The van der Waals surface area contributed by atoms with Gasteiger partial charge in [-0.25, -0.2) is 18.8 Å².